The Morgan fingerprint density at radius 1 is 1.53 bits per heavy atom. The van der Waals surface area contributed by atoms with E-state index in [0.717, 1.165) is 7.11 Å². The number of aromatic nitrogens is 1. The van der Waals surface area contributed by atoms with Gasteiger partial charge < -0.3 is 9.47 Å². The molecule has 1 aromatic rings. The molecule has 0 saturated carbocycles. The van der Waals surface area contributed by atoms with Gasteiger partial charge in [-0.1, -0.05) is 0 Å². The fourth-order valence-electron chi connectivity index (χ4n) is 1.18. The molecule has 0 aromatic carbocycles. The monoisotopic (exact) mass is 300 g/mol. The van der Waals surface area contributed by atoms with E-state index in [1.165, 1.54) is 0 Å². The molecule has 0 fully saturated rings. The lowest BCUT2D eigenvalue weighted by Gasteiger charge is -2.11. The molecule has 0 radical (unpaired) electrons. The van der Waals surface area contributed by atoms with E-state index in [1.54, 1.807) is 0 Å². The third-order valence-corrected chi connectivity index (χ3v) is 1.97. The Labute approximate surface area is 108 Å². The van der Waals surface area contributed by atoms with Crippen LogP contribution in [-0.4, -0.2) is 28.6 Å². The van der Waals surface area contributed by atoms with Gasteiger partial charge in [-0.25, -0.2) is 4.98 Å². The van der Waals surface area contributed by atoms with Gasteiger partial charge in [0.15, 0.2) is 5.56 Å². The summed E-state index contributed by atoms with van der Waals surface area (Å²) in [6.07, 6.45) is -4.78. The van der Waals surface area contributed by atoms with Gasteiger partial charge in [0.2, 0.25) is 11.6 Å². The van der Waals surface area contributed by atoms with Gasteiger partial charge in [0.05, 0.1) is 18.2 Å². The molecule has 0 amide bonds. The summed E-state index contributed by atoms with van der Waals surface area (Å²) in [6, 6.07) is 0. The molecule has 0 saturated heterocycles. The molecule has 1 heterocycles. The number of halogens is 4. The third kappa shape index (κ3) is 3.44. The summed E-state index contributed by atoms with van der Waals surface area (Å²) in [6.45, 7) is 0. The highest BCUT2D eigenvalue weighted by molar-refractivity contribution is 6.68. The number of hydrogen-bond acceptors (Lipinski definition) is 6. The first-order chi connectivity index (χ1) is 8.67. The van der Waals surface area contributed by atoms with E-state index in [-0.39, 0.29) is 0 Å². The number of methoxy groups -OCH3 is 1. The zero-order chi connectivity index (χ0) is 14.8. The van der Waals surface area contributed by atoms with Gasteiger partial charge in [-0.2, -0.15) is 0 Å². The summed E-state index contributed by atoms with van der Waals surface area (Å²) < 4.78 is 44.2. The average Bonchev–Trinajstić information content (AvgIpc) is 2.25. The maximum atomic E-state index is 12.1. The van der Waals surface area contributed by atoms with E-state index in [4.69, 9.17) is 11.6 Å². The van der Waals surface area contributed by atoms with Crippen molar-refractivity contribution in [3.8, 4) is 11.6 Å². The van der Waals surface area contributed by atoms with Crippen molar-refractivity contribution in [1.82, 2.24) is 4.98 Å². The number of nitro groups is 1. The Morgan fingerprint density at radius 3 is 2.47 bits per heavy atom. The van der Waals surface area contributed by atoms with Gasteiger partial charge in [0.1, 0.15) is 0 Å². The average molecular weight is 301 g/mol. The highest BCUT2D eigenvalue weighted by Gasteiger charge is 2.38. The summed E-state index contributed by atoms with van der Waals surface area (Å²) in [5.41, 5.74) is -2.19. The van der Waals surface area contributed by atoms with Crippen LogP contribution in [0.3, 0.4) is 0 Å². The van der Waals surface area contributed by atoms with Crippen LogP contribution < -0.4 is 9.47 Å². The van der Waals surface area contributed by atoms with Crippen molar-refractivity contribution < 1.29 is 32.4 Å². The largest absolute Gasteiger partial charge is 0.573 e. The number of nitrogens with zero attached hydrogens (tertiary/aromatic N) is 2. The quantitative estimate of drug-likeness (QED) is 0.481. The summed E-state index contributed by atoms with van der Waals surface area (Å²) in [5, 5.41) is 9.37. The van der Waals surface area contributed by atoms with Crippen molar-refractivity contribution in [2.24, 2.45) is 0 Å². The fraction of sp³-hybridized carbons (Fsp3) is 0.250. The van der Waals surface area contributed by atoms with Crippen LogP contribution in [0.4, 0.5) is 18.9 Å². The number of carbonyl (C=O) groups is 1. The lowest BCUT2D eigenvalue weighted by molar-refractivity contribution is -0.389. The van der Waals surface area contributed by atoms with E-state index < -0.39 is 39.4 Å². The van der Waals surface area contributed by atoms with Crippen molar-refractivity contribution >= 4 is 22.5 Å². The van der Waals surface area contributed by atoms with E-state index >= 15 is 0 Å². The van der Waals surface area contributed by atoms with Crippen molar-refractivity contribution in [1.29, 1.82) is 0 Å². The maximum absolute atomic E-state index is 12.1. The first-order valence-electron chi connectivity index (χ1n) is 4.34. The van der Waals surface area contributed by atoms with Gasteiger partial charge in [0, 0.05) is 0 Å². The van der Waals surface area contributed by atoms with Gasteiger partial charge in [-0.05, 0) is 11.6 Å². The van der Waals surface area contributed by atoms with Crippen LogP contribution in [0.2, 0.25) is 0 Å². The molecule has 104 valence electrons. The standard InChI is InChI=1S/C8H4ClF3N2O5/c1-18-7-4(6(9)15)5(14(16)17)3(2-13-7)19-8(10,11)12/h2H,1H3. The van der Waals surface area contributed by atoms with Crippen molar-refractivity contribution in [3.05, 3.63) is 21.9 Å². The molecule has 0 N–H and O–H groups in total. The first-order valence-corrected chi connectivity index (χ1v) is 4.72. The molecule has 19 heavy (non-hydrogen) atoms. The van der Waals surface area contributed by atoms with Crippen LogP contribution in [0.25, 0.3) is 0 Å². The number of hydrogen-bond donors (Lipinski definition) is 0. The highest BCUT2D eigenvalue weighted by atomic mass is 35.5. The molecule has 0 bridgehead atoms. The zero-order valence-electron chi connectivity index (χ0n) is 9.02. The molecule has 0 spiro atoms. The van der Waals surface area contributed by atoms with E-state index in [0.29, 0.717) is 6.20 Å². The molecule has 0 atom stereocenters. The van der Waals surface area contributed by atoms with Crippen molar-refractivity contribution in [2.45, 2.75) is 6.36 Å². The molecular weight excluding hydrogens is 297 g/mol. The smallest absolute Gasteiger partial charge is 0.480 e. The van der Waals surface area contributed by atoms with Gasteiger partial charge in [-0.15, -0.1) is 13.2 Å². The number of alkyl halides is 3. The second-order valence-corrected chi connectivity index (χ2v) is 3.28. The van der Waals surface area contributed by atoms with Gasteiger partial charge in [0.25, 0.3) is 5.24 Å². The Bertz CT molecular complexity index is 534. The molecule has 0 aliphatic carbocycles. The number of pyridine rings is 1. The highest BCUT2D eigenvalue weighted by Crippen LogP contribution is 2.38. The molecule has 0 aliphatic heterocycles. The summed E-state index contributed by atoms with van der Waals surface area (Å²) in [4.78, 5) is 23.9. The van der Waals surface area contributed by atoms with Crippen LogP contribution in [0.15, 0.2) is 6.20 Å². The van der Waals surface area contributed by atoms with Crippen LogP contribution >= 0.6 is 11.6 Å². The molecule has 1 aromatic heterocycles. The van der Waals surface area contributed by atoms with E-state index in [9.17, 15) is 28.1 Å². The Kier molecular flexibility index (Phi) is 4.14. The van der Waals surface area contributed by atoms with Crippen LogP contribution in [0.5, 0.6) is 11.6 Å². The van der Waals surface area contributed by atoms with Crippen LogP contribution in [0.1, 0.15) is 10.4 Å². The van der Waals surface area contributed by atoms with Gasteiger partial charge >= 0.3 is 12.0 Å². The topological polar surface area (TPSA) is 91.6 Å². The second kappa shape index (κ2) is 5.26. The van der Waals surface area contributed by atoms with Crippen molar-refractivity contribution in [2.75, 3.05) is 7.11 Å². The van der Waals surface area contributed by atoms with Crippen molar-refractivity contribution in [3.63, 3.8) is 0 Å². The molecule has 7 nitrogen and oxygen atoms in total. The van der Waals surface area contributed by atoms with Crippen LogP contribution in [0, 0.1) is 10.1 Å². The second-order valence-electron chi connectivity index (χ2n) is 2.93. The summed E-state index contributed by atoms with van der Waals surface area (Å²) >= 11 is 5.08. The number of ether oxygens (including phenoxy) is 2. The predicted molar refractivity (Wildman–Crippen MR) is 54.3 cm³/mol. The Balaban J connectivity index is 3.54. The number of carbonyl (C=O) groups excluding carboxylic acids is 1. The Hall–Kier alpha value is -2.10. The summed E-state index contributed by atoms with van der Waals surface area (Å²) in [7, 11) is 1.01. The molecule has 1 rings (SSSR count). The van der Waals surface area contributed by atoms with E-state index in [2.05, 4.69) is 14.5 Å². The minimum atomic E-state index is -5.19. The Morgan fingerprint density at radius 2 is 2.11 bits per heavy atom. The number of rotatable bonds is 4. The fourth-order valence-corrected chi connectivity index (χ4v) is 1.35. The SMILES string of the molecule is COc1ncc(OC(F)(F)F)c([N+](=O)[O-])c1C(=O)Cl. The first kappa shape index (κ1) is 15.0. The lowest BCUT2D eigenvalue weighted by atomic mass is 10.2. The maximum Gasteiger partial charge on any atom is 0.573 e. The lowest BCUT2D eigenvalue weighted by Crippen LogP contribution is -2.19. The minimum absolute atomic E-state index is 0.411. The zero-order valence-corrected chi connectivity index (χ0v) is 9.78. The molecule has 11 heteroatoms. The normalized spacial score (nSPS) is 11.0. The third-order valence-electron chi connectivity index (χ3n) is 1.78. The van der Waals surface area contributed by atoms with Gasteiger partial charge in [-0.3, -0.25) is 14.9 Å². The minimum Gasteiger partial charge on any atom is -0.480 e. The predicted octanol–water partition coefficient (Wildman–Crippen LogP) is 2.28. The summed E-state index contributed by atoms with van der Waals surface area (Å²) in [5.74, 6) is -1.84. The van der Waals surface area contributed by atoms with Crippen LogP contribution in [-0.2, 0) is 0 Å². The molecule has 0 unspecified atom stereocenters. The molecule has 0 aliphatic rings. The molecular formula is C8H4ClF3N2O5. The van der Waals surface area contributed by atoms with E-state index in [1.807, 2.05) is 0 Å².